The van der Waals surface area contributed by atoms with Gasteiger partial charge in [-0.1, -0.05) is 12.8 Å². The highest BCUT2D eigenvalue weighted by molar-refractivity contribution is 7.98. The van der Waals surface area contributed by atoms with Crippen LogP contribution in [0.2, 0.25) is 0 Å². The van der Waals surface area contributed by atoms with Crippen LogP contribution in [0, 0.1) is 0 Å². The highest BCUT2D eigenvalue weighted by Gasteiger charge is 2.19. The number of hydrogen-bond acceptors (Lipinski definition) is 6. The zero-order valence-corrected chi connectivity index (χ0v) is 13.6. The smallest absolute Gasteiger partial charge is 0.341 e. The maximum Gasteiger partial charge on any atom is 0.341 e. The summed E-state index contributed by atoms with van der Waals surface area (Å²) in [5, 5.41) is 5.40. The van der Waals surface area contributed by atoms with E-state index in [0.717, 1.165) is 25.7 Å². The average molecular weight is 337 g/mol. The van der Waals surface area contributed by atoms with Gasteiger partial charge in [0, 0.05) is 12.2 Å². The van der Waals surface area contributed by atoms with Crippen molar-refractivity contribution in [3.8, 4) is 0 Å². The van der Waals surface area contributed by atoms with Gasteiger partial charge in [0.15, 0.2) is 6.61 Å². The van der Waals surface area contributed by atoms with Crippen molar-refractivity contribution in [3.05, 3.63) is 23.9 Å². The molecule has 0 atom stereocenters. The van der Waals surface area contributed by atoms with Crippen molar-refractivity contribution in [1.29, 1.82) is 0 Å². The number of thioether (sulfide) groups is 1. The van der Waals surface area contributed by atoms with Gasteiger partial charge in [-0.15, -0.1) is 11.8 Å². The monoisotopic (exact) mass is 337 g/mol. The number of carbonyl (C=O) groups excluding carboxylic acids is 3. The lowest BCUT2D eigenvalue weighted by molar-refractivity contribution is -0.123. The van der Waals surface area contributed by atoms with Gasteiger partial charge in [0.25, 0.3) is 5.91 Å². The van der Waals surface area contributed by atoms with Crippen molar-refractivity contribution in [2.45, 2.75) is 36.8 Å². The van der Waals surface area contributed by atoms with Crippen LogP contribution in [0.5, 0.6) is 0 Å². The Balaban J connectivity index is 1.77. The van der Waals surface area contributed by atoms with Gasteiger partial charge < -0.3 is 10.1 Å². The van der Waals surface area contributed by atoms with Crippen LogP contribution in [0.3, 0.4) is 0 Å². The number of carbonyl (C=O) groups is 3. The number of pyridine rings is 1. The predicted octanol–water partition coefficient (Wildman–Crippen LogP) is 1.73. The minimum atomic E-state index is -0.663. The van der Waals surface area contributed by atoms with Crippen molar-refractivity contribution >= 4 is 29.7 Å². The van der Waals surface area contributed by atoms with Crippen molar-refractivity contribution in [1.82, 2.24) is 15.6 Å². The van der Waals surface area contributed by atoms with E-state index < -0.39 is 24.5 Å². The number of urea groups is 1. The molecule has 0 unspecified atom stereocenters. The molecule has 0 spiro atoms. The van der Waals surface area contributed by atoms with Crippen LogP contribution >= 0.6 is 11.8 Å². The number of nitrogens with zero attached hydrogens (tertiary/aromatic N) is 1. The fourth-order valence-corrected chi connectivity index (χ4v) is 2.91. The third-order valence-electron chi connectivity index (χ3n) is 3.46. The fourth-order valence-electron chi connectivity index (χ4n) is 2.37. The molecule has 1 aromatic rings. The average Bonchev–Trinajstić information content (AvgIpc) is 3.05. The van der Waals surface area contributed by atoms with E-state index >= 15 is 0 Å². The van der Waals surface area contributed by atoms with Crippen LogP contribution in [-0.2, 0) is 9.53 Å². The first-order chi connectivity index (χ1) is 11.1. The molecular formula is C15H19N3O4S. The first kappa shape index (κ1) is 17.3. The van der Waals surface area contributed by atoms with E-state index in [9.17, 15) is 14.4 Å². The van der Waals surface area contributed by atoms with Crippen molar-refractivity contribution in [3.63, 3.8) is 0 Å². The van der Waals surface area contributed by atoms with Gasteiger partial charge in [-0.25, -0.2) is 14.6 Å². The maximum absolute atomic E-state index is 11.9. The highest BCUT2D eigenvalue weighted by Crippen LogP contribution is 2.18. The molecule has 0 radical (unpaired) electrons. The van der Waals surface area contributed by atoms with Crippen LogP contribution in [0.4, 0.5) is 4.79 Å². The second-order valence-corrected chi connectivity index (χ2v) is 5.93. The normalized spacial score (nSPS) is 14.3. The van der Waals surface area contributed by atoms with Crippen molar-refractivity contribution in [2.75, 3.05) is 12.9 Å². The molecule has 0 saturated heterocycles. The van der Waals surface area contributed by atoms with Crippen LogP contribution in [0.25, 0.3) is 0 Å². The van der Waals surface area contributed by atoms with E-state index in [0.29, 0.717) is 10.6 Å². The van der Waals surface area contributed by atoms with E-state index in [1.54, 1.807) is 24.6 Å². The molecule has 1 aliphatic rings. The zero-order valence-electron chi connectivity index (χ0n) is 12.8. The molecule has 2 N–H and O–H groups in total. The summed E-state index contributed by atoms with van der Waals surface area (Å²) in [6.45, 7) is -0.514. The standard InChI is InChI=1S/C15H19N3O4S/c1-23-13-11(7-4-8-16-13)14(20)22-9-12(19)18-15(21)17-10-5-2-3-6-10/h4,7-8,10H,2-3,5-6,9H2,1H3,(H2,17,18,19,21). The number of rotatable bonds is 5. The Morgan fingerprint density at radius 3 is 2.78 bits per heavy atom. The van der Waals surface area contributed by atoms with Crippen LogP contribution in [0.15, 0.2) is 23.4 Å². The van der Waals surface area contributed by atoms with Crippen LogP contribution in [0.1, 0.15) is 36.0 Å². The lowest BCUT2D eigenvalue weighted by Gasteiger charge is -2.12. The molecule has 2 rings (SSSR count). The number of amides is 3. The van der Waals surface area contributed by atoms with E-state index in [1.165, 1.54) is 11.8 Å². The molecule has 0 aliphatic heterocycles. The van der Waals surface area contributed by atoms with Gasteiger partial charge in [0.1, 0.15) is 5.03 Å². The first-order valence-corrected chi connectivity index (χ1v) is 8.59. The third kappa shape index (κ3) is 5.24. The molecule has 8 heteroatoms. The van der Waals surface area contributed by atoms with Gasteiger partial charge >= 0.3 is 12.0 Å². The summed E-state index contributed by atoms with van der Waals surface area (Å²) in [5.41, 5.74) is 0.295. The van der Waals surface area contributed by atoms with Crippen LogP contribution in [-0.4, -0.2) is 41.8 Å². The summed E-state index contributed by atoms with van der Waals surface area (Å²) >= 11 is 1.31. The van der Waals surface area contributed by atoms with E-state index in [1.807, 2.05) is 0 Å². The predicted molar refractivity (Wildman–Crippen MR) is 85.2 cm³/mol. The summed E-state index contributed by atoms with van der Waals surface area (Å²) in [7, 11) is 0. The lowest BCUT2D eigenvalue weighted by Crippen LogP contribution is -2.45. The maximum atomic E-state index is 11.9. The van der Waals surface area contributed by atoms with Gasteiger partial charge in [-0.05, 0) is 31.2 Å². The summed E-state index contributed by atoms with van der Waals surface area (Å²) in [6, 6.07) is 2.76. The van der Waals surface area contributed by atoms with Crippen LogP contribution < -0.4 is 10.6 Å². The first-order valence-electron chi connectivity index (χ1n) is 7.36. The minimum absolute atomic E-state index is 0.116. The summed E-state index contributed by atoms with van der Waals surface area (Å²) in [4.78, 5) is 39.3. The number of esters is 1. The largest absolute Gasteiger partial charge is 0.452 e. The molecule has 0 aromatic carbocycles. The zero-order chi connectivity index (χ0) is 16.7. The quantitative estimate of drug-likeness (QED) is 0.627. The molecule has 1 saturated carbocycles. The fraction of sp³-hybridized carbons (Fsp3) is 0.467. The molecule has 1 aliphatic carbocycles. The Kier molecular flexibility index (Phi) is 6.40. The highest BCUT2D eigenvalue weighted by atomic mass is 32.2. The summed E-state index contributed by atoms with van der Waals surface area (Å²) in [6.07, 6.45) is 7.38. The number of ether oxygens (including phenoxy) is 1. The topological polar surface area (TPSA) is 97.4 Å². The molecule has 0 bridgehead atoms. The molecule has 1 heterocycles. The summed E-state index contributed by atoms with van der Waals surface area (Å²) in [5.74, 6) is -1.31. The number of aromatic nitrogens is 1. The number of hydrogen-bond donors (Lipinski definition) is 2. The molecule has 23 heavy (non-hydrogen) atoms. The summed E-state index contributed by atoms with van der Waals surface area (Å²) < 4.78 is 4.92. The van der Waals surface area contributed by atoms with E-state index in [4.69, 9.17) is 4.74 Å². The molecule has 1 fully saturated rings. The third-order valence-corrected chi connectivity index (χ3v) is 4.17. The minimum Gasteiger partial charge on any atom is -0.452 e. The van der Waals surface area contributed by atoms with Gasteiger partial charge in [0.2, 0.25) is 0 Å². The van der Waals surface area contributed by atoms with Crippen molar-refractivity contribution < 1.29 is 19.1 Å². The molecule has 1 aromatic heterocycles. The molecule has 124 valence electrons. The van der Waals surface area contributed by atoms with Crippen molar-refractivity contribution in [2.24, 2.45) is 0 Å². The van der Waals surface area contributed by atoms with Gasteiger partial charge in [-0.3, -0.25) is 10.1 Å². The Labute approximate surface area is 138 Å². The lowest BCUT2D eigenvalue weighted by atomic mass is 10.2. The Morgan fingerprint density at radius 2 is 2.09 bits per heavy atom. The second kappa shape index (κ2) is 8.52. The van der Waals surface area contributed by atoms with Gasteiger partial charge in [0.05, 0.1) is 5.56 Å². The molecular weight excluding hydrogens is 318 g/mol. The Bertz CT molecular complexity index is 588. The Morgan fingerprint density at radius 1 is 1.35 bits per heavy atom. The molecule has 7 nitrogen and oxygen atoms in total. The SMILES string of the molecule is CSc1ncccc1C(=O)OCC(=O)NC(=O)NC1CCCC1. The van der Waals surface area contributed by atoms with E-state index in [2.05, 4.69) is 15.6 Å². The van der Waals surface area contributed by atoms with E-state index in [-0.39, 0.29) is 6.04 Å². The van der Waals surface area contributed by atoms with Gasteiger partial charge in [-0.2, -0.15) is 0 Å². The molecule has 3 amide bonds. The second-order valence-electron chi connectivity index (χ2n) is 5.14. The number of imide groups is 1. The Hall–Kier alpha value is -2.09. The number of nitrogens with one attached hydrogen (secondary N) is 2.